The van der Waals surface area contributed by atoms with Gasteiger partial charge in [0.15, 0.2) is 6.10 Å². The Morgan fingerprint density at radius 2 is 2.26 bits per heavy atom. The van der Waals surface area contributed by atoms with Crippen LogP contribution in [0, 0.1) is 0 Å². The van der Waals surface area contributed by atoms with Crippen molar-refractivity contribution >= 4 is 17.0 Å². The first-order chi connectivity index (χ1) is 9.20. The lowest BCUT2D eigenvalue weighted by atomic mass is 10.2. The van der Waals surface area contributed by atoms with Crippen molar-refractivity contribution in [2.24, 2.45) is 0 Å². The number of fused-ring (bicyclic) bond motifs is 1. The second kappa shape index (κ2) is 4.66. The van der Waals surface area contributed by atoms with Gasteiger partial charge in [-0.1, -0.05) is 12.1 Å². The number of carboxylic acid groups (broad SMARTS) is 1. The molecule has 0 radical (unpaired) electrons. The molecular formula is C14H16N2O3. The van der Waals surface area contributed by atoms with Crippen LogP contribution in [0.5, 0.6) is 0 Å². The summed E-state index contributed by atoms with van der Waals surface area (Å²) in [5.74, 6) is -0.0471. The third kappa shape index (κ3) is 2.00. The summed E-state index contributed by atoms with van der Waals surface area (Å²) in [6.45, 7) is 2.86. The van der Waals surface area contributed by atoms with Crippen LogP contribution in [0.15, 0.2) is 24.3 Å². The lowest BCUT2D eigenvalue weighted by molar-refractivity contribution is -0.149. The van der Waals surface area contributed by atoms with Gasteiger partial charge < -0.3 is 14.4 Å². The van der Waals surface area contributed by atoms with Gasteiger partial charge in [0, 0.05) is 6.54 Å². The molecule has 0 spiro atoms. The first-order valence-electron chi connectivity index (χ1n) is 6.54. The summed E-state index contributed by atoms with van der Waals surface area (Å²) in [6.07, 6.45) is 0.344. The molecule has 1 N–H and O–H groups in total. The first-order valence-corrected chi connectivity index (χ1v) is 6.54. The van der Waals surface area contributed by atoms with Gasteiger partial charge in [0.05, 0.1) is 11.0 Å². The number of nitrogens with zero attached hydrogens (tertiary/aromatic N) is 2. The summed E-state index contributed by atoms with van der Waals surface area (Å²) in [5, 5.41) is 8.99. The van der Waals surface area contributed by atoms with E-state index in [1.54, 1.807) is 0 Å². The number of rotatable bonds is 3. The summed E-state index contributed by atoms with van der Waals surface area (Å²) >= 11 is 0. The zero-order valence-corrected chi connectivity index (χ0v) is 10.7. The molecule has 1 aromatic carbocycles. The fourth-order valence-electron chi connectivity index (χ4n) is 2.68. The standard InChI is InChI=1S/C14H16N2O3/c1-2-16-10-6-4-3-5-9(10)15-13(16)11-7-8-12(19-11)14(17)18/h3-6,11-12H,2,7-8H2,1H3,(H,17,18). The average molecular weight is 260 g/mol. The molecular weight excluding hydrogens is 244 g/mol. The van der Waals surface area contributed by atoms with Gasteiger partial charge in [-0.2, -0.15) is 0 Å². The van der Waals surface area contributed by atoms with E-state index in [2.05, 4.69) is 16.5 Å². The normalized spacial score (nSPS) is 23.0. The third-order valence-electron chi connectivity index (χ3n) is 3.58. The number of aliphatic carboxylic acids is 1. The number of benzene rings is 1. The number of hydrogen-bond acceptors (Lipinski definition) is 3. The molecule has 0 aliphatic carbocycles. The number of hydrogen-bond donors (Lipinski definition) is 1. The summed E-state index contributed by atoms with van der Waals surface area (Å²) in [4.78, 5) is 15.6. The minimum Gasteiger partial charge on any atom is -0.479 e. The average Bonchev–Trinajstić information content (AvgIpc) is 3.02. The second-order valence-electron chi connectivity index (χ2n) is 4.73. The summed E-state index contributed by atoms with van der Waals surface area (Å²) in [6, 6.07) is 7.93. The Kier molecular flexibility index (Phi) is 2.98. The van der Waals surface area contributed by atoms with Crippen molar-refractivity contribution in [3.8, 4) is 0 Å². The summed E-state index contributed by atoms with van der Waals surface area (Å²) in [5.41, 5.74) is 2.00. The molecule has 100 valence electrons. The number of ether oxygens (including phenoxy) is 1. The van der Waals surface area contributed by atoms with Crippen LogP contribution in [0.25, 0.3) is 11.0 Å². The van der Waals surface area contributed by atoms with E-state index in [1.165, 1.54) is 0 Å². The largest absolute Gasteiger partial charge is 0.479 e. The van der Waals surface area contributed by atoms with Crippen molar-refractivity contribution in [3.05, 3.63) is 30.1 Å². The predicted octanol–water partition coefficient (Wildman–Crippen LogP) is 2.36. The van der Waals surface area contributed by atoms with Crippen molar-refractivity contribution in [1.29, 1.82) is 0 Å². The van der Waals surface area contributed by atoms with Gasteiger partial charge in [-0.05, 0) is 31.9 Å². The minimum atomic E-state index is -0.887. The van der Waals surface area contributed by atoms with Gasteiger partial charge in [0.2, 0.25) is 0 Å². The Balaban J connectivity index is 1.99. The van der Waals surface area contributed by atoms with Gasteiger partial charge in [-0.15, -0.1) is 0 Å². The quantitative estimate of drug-likeness (QED) is 0.920. The van der Waals surface area contributed by atoms with E-state index in [1.807, 2.05) is 24.3 Å². The van der Waals surface area contributed by atoms with Crippen LogP contribution >= 0.6 is 0 Å². The molecule has 1 aromatic heterocycles. The van der Waals surface area contributed by atoms with Gasteiger partial charge in [-0.3, -0.25) is 0 Å². The molecule has 3 rings (SSSR count). The molecule has 1 aliphatic rings. The molecule has 0 bridgehead atoms. The van der Waals surface area contributed by atoms with E-state index in [0.717, 1.165) is 23.4 Å². The molecule has 2 atom stereocenters. The topological polar surface area (TPSA) is 64.4 Å². The minimum absolute atomic E-state index is 0.214. The maximum Gasteiger partial charge on any atom is 0.332 e. The molecule has 1 fully saturated rings. The molecule has 0 saturated carbocycles. The third-order valence-corrected chi connectivity index (χ3v) is 3.58. The number of imidazole rings is 1. The van der Waals surface area contributed by atoms with Crippen molar-refractivity contribution in [2.75, 3.05) is 0 Å². The van der Waals surface area contributed by atoms with Crippen LogP contribution in [0.2, 0.25) is 0 Å². The highest BCUT2D eigenvalue weighted by Crippen LogP contribution is 2.34. The lowest BCUT2D eigenvalue weighted by Crippen LogP contribution is -2.19. The molecule has 5 nitrogen and oxygen atoms in total. The van der Waals surface area contributed by atoms with Crippen LogP contribution in [0.4, 0.5) is 0 Å². The van der Waals surface area contributed by atoms with E-state index in [-0.39, 0.29) is 6.10 Å². The van der Waals surface area contributed by atoms with E-state index in [4.69, 9.17) is 9.84 Å². The zero-order chi connectivity index (χ0) is 13.4. The van der Waals surface area contributed by atoms with Crippen LogP contribution in [-0.4, -0.2) is 26.7 Å². The SMILES string of the molecule is CCn1c(C2CCC(C(=O)O)O2)nc2ccccc21. The van der Waals surface area contributed by atoms with Gasteiger partial charge in [0.1, 0.15) is 11.9 Å². The molecule has 2 heterocycles. The molecule has 2 aromatic rings. The fraction of sp³-hybridized carbons (Fsp3) is 0.429. The molecule has 2 unspecified atom stereocenters. The van der Waals surface area contributed by atoms with Crippen LogP contribution in [0.3, 0.4) is 0 Å². The zero-order valence-electron chi connectivity index (χ0n) is 10.7. The van der Waals surface area contributed by atoms with Gasteiger partial charge in [0.25, 0.3) is 0 Å². The number of aryl methyl sites for hydroxylation is 1. The highest BCUT2D eigenvalue weighted by Gasteiger charge is 2.34. The highest BCUT2D eigenvalue weighted by atomic mass is 16.5. The molecule has 0 amide bonds. The van der Waals surface area contributed by atoms with E-state index in [0.29, 0.717) is 12.8 Å². The molecule has 1 saturated heterocycles. The maximum atomic E-state index is 11.0. The lowest BCUT2D eigenvalue weighted by Gasteiger charge is -2.12. The maximum absolute atomic E-state index is 11.0. The Morgan fingerprint density at radius 1 is 1.47 bits per heavy atom. The number of carboxylic acids is 1. The molecule has 5 heteroatoms. The molecule has 1 aliphatic heterocycles. The van der Waals surface area contributed by atoms with E-state index in [9.17, 15) is 4.79 Å². The Morgan fingerprint density at radius 3 is 2.95 bits per heavy atom. The predicted molar refractivity (Wildman–Crippen MR) is 69.9 cm³/mol. The van der Waals surface area contributed by atoms with Gasteiger partial charge >= 0.3 is 5.97 Å². The fourth-order valence-corrected chi connectivity index (χ4v) is 2.68. The number of carbonyl (C=O) groups is 1. The highest BCUT2D eigenvalue weighted by molar-refractivity contribution is 5.76. The summed E-state index contributed by atoms with van der Waals surface area (Å²) < 4.78 is 7.70. The van der Waals surface area contributed by atoms with Crippen molar-refractivity contribution in [2.45, 2.75) is 38.5 Å². The molecule has 19 heavy (non-hydrogen) atoms. The van der Waals surface area contributed by atoms with Crippen molar-refractivity contribution < 1.29 is 14.6 Å². The van der Waals surface area contributed by atoms with Crippen LogP contribution in [0.1, 0.15) is 31.7 Å². The van der Waals surface area contributed by atoms with Gasteiger partial charge in [-0.25, -0.2) is 9.78 Å². The smallest absolute Gasteiger partial charge is 0.332 e. The van der Waals surface area contributed by atoms with Crippen molar-refractivity contribution in [3.63, 3.8) is 0 Å². The summed E-state index contributed by atoms with van der Waals surface area (Å²) in [7, 11) is 0. The Labute approximate surface area is 110 Å². The Bertz CT molecular complexity index is 620. The second-order valence-corrected chi connectivity index (χ2v) is 4.73. The van der Waals surface area contributed by atoms with Crippen LogP contribution in [-0.2, 0) is 16.1 Å². The number of para-hydroxylation sites is 2. The van der Waals surface area contributed by atoms with E-state index >= 15 is 0 Å². The number of aromatic nitrogens is 2. The Hall–Kier alpha value is -1.88. The van der Waals surface area contributed by atoms with Crippen LogP contribution < -0.4 is 0 Å². The first kappa shape index (κ1) is 12.2. The van der Waals surface area contributed by atoms with Crippen molar-refractivity contribution in [1.82, 2.24) is 9.55 Å². The van der Waals surface area contributed by atoms with E-state index < -0.39 is 12.1 Å². The monoisotopic (exact) mass is 260 g/mol.